The van der Waals surface area contributed by atoms with Crippen LogP contribution in [0.1, 0.15) is 0 Å². The normalized spacial score (nSPS) is 9.75. The van der Waals surface area contributed by atoms with Crippen molar-refractivity contribution in [3.63, 3.8) is 0 Å². The molecular weight excluding hydrogens is 177 g/mol. The number of hydrogen-bond donors (Lipinski definition) is 1. The maximum Gasteiger partial charge on any atom is 0.227 e. The molecule has 0 fully saturated rings. The summed E-state index contributed by atoms with van der Waals surface area (Å²) >= 11 is 1.11. The highest BCUT2D eigenvalue weighted by atomic mass is 32.2. The SMILES string of the molecule is NC(=O)CSc1ccccc1F. The van der Waals surface area contributed by atoms with Crippen molar-refractivity contribution in [3.05, 3.63) is 30.1 Å². The second-order valence-corrected chi connectivity index (χ2v) is 3.20. The molecule has 0 spiro atoms. The van der Waals surface area contributed by atoms with Crippen LogP contribution in [0.2, 0.25) is 0 Å². The third kappa shape index (κ3) is 2.54. The maximum atomic E-state index is 12.9. The van der Waals surface area contributed by atoms with Crippen LogP contribution in [0.3, 0.4) is 0 Å². The highest BCUT2D eigenvalue weighted by Crippen LogP contribution is 2.20. The fourth-order valence-corrected chi connectivity index (χ4v) is 1.39. The molecule has 0 aliphatic carbocycles. The van der Waals surface area contributed by atoms with Crippen LogP contribution in [0.15, 0.2) is 29.2 Å². The van der Waals surface area contributed by atoms with Gasteiger partial charge in [0.1, 0.15) is 5.82 Å². The zero-order valence-electron chi connectivity index (χ0n) is 6.29. The van der Waals surface area contributed by atoms with Gasteiger partial charge in [-0.3, -0.25) is 4.79 Å². The van der Waals surface area contributed by atoms with E-state index in [1.165, 1.54) is 6.07 Å². The van der Waals surface area contributed by atoms with Gasteiger partial charge in [0.2, 0.25) is 5.91 Å². The Morgan fingerprint density at radius 1 is 1.50 bits per heavy atom. The number of primary amides is 1. The van der Waals surface area contributed by atoms with Crippen LogP contribution < -0.4 is 5.73 Å². The van der Waals surface area contributed by atoms with Crippen molar-refractivity contribution in [3.8, 4) is 0 Å². The summed E-state index contributed by atoms with van der Waals surface area (Å²) in [5.41, 5.74) is 4.91. The third-order valence-corrected chi connectivity index (χ3v) is 2.28. The summed E-state index contributed by atoms with van der Waals surface area (Å²) in [6, 6.07) is 6.28. The molecule has 0 saturated heterocycles. The molecule has 2 nitrogen and oxygen atoms in total. The molecule has 0 atom stereocenters. The molecular formula is C8H8FNOS. The van der Waals surface area contributed by atoms with E-state index in [1.807, 2.05) is 0 Å². The Labute approximate surface area is 74.0 Å². The first kappa shape index (κ1) is 9.06. The fourth-order valence-electron chi connectivity index (χ4n) is 0.711. The van der Waals surface area contributed by atoms with Gasteiger partial charge in [0.25, 0.3) is 0 Å². The Bertz CT molecular complexity index is 290. The van der Waals surface area contributed by atoms with Crippen molar-refractivity contribution < 1.29 is 9.18 Å². The number of carbonyl (C=O) groups is 1. The lowest BCUT2D eigenvalue weighted by Gasteiger charge is -1.98. The predicted molar refractivity (Wildman–Crippen MR) is 46.3 cm³/mol. The van der Waals surface area contributed by atoms with Crippen molar-refractivity contribution in [1.82, 2.24) is 0 Å². The monoisotopic (exact) mass is 185 g/mol. The number of rotatable bonds is 3. The van der Waals surface area contributed by atoms with E-state index in [1.54, 1.807) is 18.2 Å². The van der Waals surface area contributed by atoms with Gasteiger partial charge >= 0.3 is 0 Å². The van der Waals surface area contributed by atoms with Crippen molar-refractivity contribution in [2.45, 2.75) is 4.90 Å². The van der Waals surface area contributed by atoms with Crippen LogP contribution in [0, 0.1) is 5.82 Å². The molecule has 1 amide bonds. The molecule has 0 aromatic heterocycles. The van der Waals surface area contributed by atoms with Gasteiger partial charge in [-0.15, -0.1) is 11.8 Å². The average molecular weight is 185 g/mol. The maximum absolute atomic E-state index is 12.9. The number of amides is 1. The highest BCUT2D eigenvalue weighted by Gasteiger charge is 2.02. The molecule has 0 bridgehead atoms. The van der Waals surface area contributed by atoms with Gasteiger partial charge in [0, 0.05) is 4.90 Å². The highest BCUT2D eigenvalue weighted by molar-refractivity contribution is 8.00. The van der Waals surface area contributed by atoms with Crippen LogP contribution in [0.25, 0.3) is 0 Å². The van der Waals surface area contributed by atoms with Crippen molar-refractivity contribution in [1.29, 1.82) is 0 Å². The number of thioether (sulfide) groups is 1. The van der Waals surface area contributed by atoms with E-state index in [-0.39, 0.29) is 11.6 Å². The van der Waals surface area contributed by atoms with E-state index in [2.05, 4.69) is 0 Å². The first-order valence-electron chi connectivity index (χ1n) is 3.36. The largest absolute Gasteiger partial charge is 0.369 e. The molecule has 0 heterocycles. The van der Waals surface area contributed by atoms with E-state index in [0.29, 0.717) is 4.90 Å². The minimum Gasteiger partial charge on any atom is -0.369 e. The van der Waals surface area contributed by atoms with E-state index in [9.17, 15) is 9.18 Å². The third-order valence-electron chi connectivity index (χ3n) is 1.21. The summed E-state index contributed by atoms with van der Waals surface area (Å²) in [7, 11) is 0. The van der Waals surface area contributed by atoms with Gasteiger partial charge < -0.3 is 5.73 Å². The molecule has 0 radical (unpaired) electrons. The molecule has 0 saturated carbocycles. The number of carbonyl (C=O) groups excluding carboxylic acids is 1. The predicted octanol–water partition coefficient (Wildman–Crippen LogP) is 1.40. The lowest BCUT2D eigenvalue weighted by Crippen LogP contribution is -2.13. The summed E-state index contributed by atoms with van der Waals surface area (Å²) in [6.07, 6.45) is 0. The summed E-state index contributed by atoms with van der Waals surface area (Å²) in [5, 5.41) is 0. The van der Waals surface area contributed by atoms with Gasteiger partial charge in [-0.05, 0) is 12.1 Å². The van der Waals surface area contributed by atoms with E-state index >= 15 is 0 Å². The molecule has 4 heteroatoms. The molecule has 0 aliphatic heterocycles. The smallest absolute Gasteiger partial charge is 0.227 e. The number of hydrogen-bond acceptors (Lipinski definition) is 2. The molecule has 64 valence electrons. The van der Waals surface area contributed by atoms with Gasteiger partial charge in [0.05, 0.1) is 5.75 Å². The van der Waals surface area contributed by atoms with Crippen LogP contribution in [-0.2, 0) is 4.79 Å². The molecule has 1 aromatic rings. The Morgan fingerprint density at radius 2 is 2.17 bits per heavy atom. The minimum atomic E-state index is -0.441. The standard InChI is InChI=1S/C8H8FNOS/c9-6-3-1-2-4-7(6)12-5-8(10)11/h1-4H,5H2,(H2,10,11). The molecule has 0 aliphatic rings. The Hall–Kier alpha value is -1.03. The molecule has 0 unspecified atom stereocenters. The summed E-state index contributed by atoms with van der Waals surface area (Å²) in [5.74, 6) is -0.645. The van der Waals surface area contributed by atoms with Gasteiger partial charge in [-0.2, -0.15) is 0 Å². The Morgan fingerprint density at radius 3 is 2.75 bits per heavy atom. The number of benzene rings is 1. The van der Waals surface area contributed by atoms with Crippen molar-refractivity contribution in [2.24, 2.45) is 5.73 Å². The fraction of sp³-hybridized carbons (Fsp3) is 0.125. The Kier molecular flexibility index (Phi) is 3.10. The quantitative estimate of drug-likeness (QED) is 0.723. The van der Waals surface area contributed by atoms with Crippen LogP contribution in [0.4, 0.5) is 4.39 Å². The first-order valence-corrected chi connectivity index (χ1v) is 4.34. The van der Waals surface area contributed by atoms with Crippen LogP contribution in [-0.4, -0.2) is 11.7 Å². The van der Waals surface area contributed by atoms with Gasteiger partial charge in [-0.1, -0.05) is 12.1 Å². The lowest BCUT2D eigenvalue weighted by atomic mass is 10.3. The zero-order chi connectivity index (χ0) is 8.97. The number of nitrogens with two attached hydrogens (primary N) is 1. The van der Waals surface area contributed by atoms with E-state index < -0.39 is 5.91 Å². The zero-order valence-corrected chi connectivity index (χ0v) is 7.10. The average Bonchev–Trinajstić information content (AvgIpc) is 2.03. The van der Waals surface area contributed by atoms with E-state index in [0.717, 1.165) is 11.8 Å². The second kappa shape index (κ2) is 4.11. The lowest BCUT2D eigenvalue weighted by molar-refractivity contribution is -0.115. The van der Waals surface area contributed by atoms with Gasteiger partial charge in [-0.25, -0.2) is 4.39 Å². The molecule has 1 rings (SSSR count). The molecule has 1 aromatic carbocycles. The number of halogens is 1. The van der Waals surface area contributed by atoms with Crippen molar-refractivity contribution in [2.75, 3.05) is 5.75 Å². The van der Waals surface area contributed by atoms with Crippen molar-refractivity contribution >= 4 is 17.7 Å². The van der Waals surface area contributed by atoms with E-state index in [4.69, 9.17) is 5.73 Å². The summed E-state index contributed by atoms with van der Waals surface area (Å²) in [6.45, 7) is 0. The Balaban J connectivity index is 2.63. The minimum absolute atomic E-state index is 0.112. The molecule has 12 heavy (non-hydrogen) atoms. The second-order valence-electron chi connectivity index (χ2n) is 2.19. The van der Waals surface area contributed by atoms with Crippen LogP contribution >= 0.6 is 11.8 Å². The molecule has 2 N–H and O–H groups in total. The first-order chi connectivity index (χ1) is 5.70. The van der Waals surface area contributed by atoms with Crippen LogP contribution in [0.5, 0.6) is 0 Å². The summed E-state index contributed by atoms with van der Waals surface area (Å²) < 4.78 is 12.9. The van der Waals surface area contributed by atoms with Gasteiger partial charge in [0.15, 0.2) is 0 Å². The topological polar surface area (TPSA) is 43.1 Å². The summed E-state index contributed by atoms with van der Waals surface area (Å²) in [4.78, 5) is 10.8.